The summed E-state index contributed by atoms with van der Waals surface area (Å²) in [6.45, 7) is 0.649. The van der Waals surface area contributed by atoms with Crippen molar-refractivity contribution in [2.75, 3.05) is 18.5 Å². The first kappa shape index (κ1) is 14.3. The Morgan fingerprint density at radius 2 is 2.00 bits per heavy atom. The summed E-state index contributed by atoms with van der Waals surface area (Å²) in [7, 11) is 1.90. The molecule has 0 aromatic heterocycles. The SMILES string of the molecule is CN(CCC#N)c1ccc(/C=C(/C#N)C(N)=O)cc1. The summed E-state index contributed by atoms with van der Waals surface area (Å²) in [5.74, 6) is -0.738. The molecule has 0 aliphatic carbocycles. The average molecular weight is 254 g/mol. The van der Waals surface area contributed by atoms with Gasteiger partial charge in [0.15, 0.2) is 0 Å². The van der Waals surface area contributed by atoms with Crippen molar-refractivity contribution in [3.05, 3.63) is 35.4 Å². The number of amides is 1. The lowest BCUT2D eigenvalue weighted by atomic mass is 10.1. The molecule has 0 unspecified atom stereocenters. The van der Waals surface area contributed by atoms with Crippen LogP contribution < -0.4 is 10.6 Å². The highest BCUT2D eigenvalue weighted by Gasteiger charge is 2.04. The second kappa shape index (κ2) is 6.83. The Hall–Kier alpha value is -2.79. The van der Waals surface area contributed by atoms with E-state index >= 15 is 0 Å². The van der Waals surface area contributed by atoms with Crippen LogP contribution in [0, 0.1) is 22.7 Å². The highest BCUT2D eigenvalue weighted by atomic mass is 16.1. The maximum Gasteiger partial charge on any atom is 0.259 e. The van der Waals surface area contributed by atoms with E-state index in [1.165, 1.54) is 6.08 Å². The van der Waals surface area contributed by atoms with Crippen molar-refractivity contribution in [3.63, 3.8) is 0 Å². The van der Waals surface area contributed by atoms with Crippen LogP contribution in [0.3, 0.4) is 0 Å². The van der Waals surface area contributed by atoms with Gasteiger partial charge in [0.05, 0.1) is 12.5 Å². The first-order valence-corrected chi connectivity index (χ1v) is 5.68. The second-order valence-corrected chi connectivity index (χ2v) is 3.96. The average Bonchev–Trinajstić information content (AvgIpc) is 2.42. The number of carbonyl (C=O) groups excluding carboxylic acids is 1. The Bertz CT molecular complexity index is 561. The van der Waals surface area contributed by atoms with E-state index in [1.54, 1.807) is 18.2 Å². The molecule has 0 spiro atoms. The Morgan fingerprint density at radius 3 is 2.47 bits per heavy atom. The van der Waals surface area contributed by atoms with E-state index in [4.69, 9.17) is 16.3 Å². The molecule has 19 heavy (non-hydrogen) atoms. The van der Waals surface area contributed by atoms with Crippen molar-refractivity contribution in [1.82, 2.24) is 0 Å². The number of benzene rings is 1. The normalized spacial score (nSPS) is 10.4. The van der Waals surface area contributed by atoms with Gasteiger partial charge in [0.2, 0.25) is 0 Å². The van der Waals surface area contributed by atoms with E-state index in [-0.39, 0.29) is 5.57 Å². The van der Waals surface area contributed by atoms with Gasteiger partial charge in [-0.3, -0.25) is 4.79 Å². The van der Waals surface area contributed by atoms with Crippen LogP contribution in [0.5, 0.6) is 0 Å². The highest BCUT2D eigenvalue weighted by molar-refractivity contribution is 6.00. The van der Waals surface area contributed by atoms with Crippen LogP contribution in [0.4, 0.5) is 5.69 Å². The van der Waals surface area contributed by atoms with E-state index < -0.39 is 5.91 Å². The summed E-state index contributed by atoms with van der Waals surface area (Å²) in [5, 5.41) is 17.3. The van der Waals surface area contributed by atoms with Crippen molar-refractivity contribution in [2.24, 2.45) is 5.73 Å². The van der Waals surface area contributed by atoms with Crippen LogP contribution >= 0.6 is 0 Å². The van der Waals surface area contributed by atoms with Crippen molar-refractivity contribution in [3.8, 4) is 12.1 Å². The summed E-state index contributed by atoms with van der Waals surface area (Å²) < 4.78 is 0. The fourth-order valence-electron chi connectivity index (χ4n) is 1.50. The van der Waals surface area contributed by atoms with Crippen LogP contribution in [0.2, 0.25) is 0 Å². The molecule has 5 nitrogen and oxygen atoms in total. The number of hydrogen-bond acceptors (Lipinski definition) is 4. The van der Waals surface area contributed by atoms with Crippen LogP contribution in [0.15, 0.2) is 29.8 Å². The first-order chi connectivity index (χ1) is 9.08. The Morgan fingerprint density at radius 1 is 1.37 bits per heavy atom. The van der Waals surface area contributed by atoms with Gasteiger partial charge in [-0.15, -0.1) is 0 Å². The molecule has 1 aromatic carbocycles. The third-order valence-electron chi connectivity index (χ3n) is 2.59. The van der Waals surface area contributed by atoms with Gasteiger partial charge in [0.25, 0.3) is 5.91 Å². The lowest BCUT2D eigenvalue weighted by Crippen LogP contribution is -2.17. The molecule has 5 heteroatoms. The fourth-order valence-corrected chi connectivity index (χ4v) is 1.50. The number of nitrogens with two attached hydrogens (primary N) is 1. The number of nitrogens with zero attached hydrogens (tertiary/aromatic N) is 3. The quantitative estimate of drug-likeness (QED) is 0.635. The molecule has 0 bridgehead atoms. The zero-order valence-electron chi connectivity index (χ0n) is 10.6. The topological polar surface area (TPSA) is 93.9 Å². The van der Waals surface area contributed by atoms with Crippen LogP contribution in [0.1, 0.15) is 12.0 Å². The van der Waals surface area contributed by atoms with E-state index in [0.717, 1.165) is 11.3 Å². The molecule has 0 aliphatic heterocycles. The Balaban J connectivity index is 2.86. The van der Waals surface area contributed by atoms with Gasteiger partial charge in [0.1, 0.15) is 11.6 Å². The molecule has 0 aliphatic rings. The first-order valence-electron chi connectivity index (χ1n) is 5.68. The van der Waals surface area contributed by atoms with Gasteiger partial charge in [-0.2, -0.15) is 10.5 Å². The monoisotopic (exact) mass is 254 g/mol. The number of nitriles is 2. The minimum atomic E-state index is -0.738. The van der Waals surface area contributed by atoms with Crippen LogP contribution in [-0.4, -0.2) is 19.5 Å². The molecule has 0 saturated carbocycles. The van der Waals surface area contributed by atoms with Crippen LogP contribution in [0.25, 0.3) is 6.08 Å². The molecule has 0 fully saturated rings. The second-order valence-electron chi connectivity index (χ2n) is 3.96. The predicted molar refractivity (Wildman–Crippen MR) is 72.7 cm³/mol. The molecule has 1 aromatic rings. The largest absolute Gasteiger partial charge is 0.374 e. The van der Waals surface area contributed by atoms with Gasteiger partial charge in [-0.05, 0) is 23.8 Å². The summed E-state index contributed by atoms with van der Waals surface area (Å²) in [6, 6.07) is 11.1. The number of rotatable bonds is 5. The van der Waals surface area contributed by atoms with Gasteiger partial charge in [0, 0.05) is 19.3 Å². The molecule has 2 N–H and O–H groups in total. The van der Waals surface area contributed by atoms with Crippen LogP contribution in [-0.2, 0) is 4.79 Å². The number of hydrogen-bond donors (Lipinski definition) is 1. The number of primary amides is 1. The number of anilines is 1. The van der Waals surface area contributed by atoms with E-state index in [1.807, 2.05) is 24.1 Å². The molecule has 0 atom stereocenters. The Kier molecular flexibility index (Phi) is 5.13. The molecule has 0 radical (unpaired) electrons. The minimum Gasteiger partial charge on any atom is -0.374 e. The number of carbonyl (C=O) groups is 1. The molecule has 96 valence electrons. The minimum absolute atomic E-state index is 0.0782. The van der Waals surface area contributed by atoms with Gasteiger partial charge in [-0.1, -0.05) is 12.1 Å². The lowest BCUT2D eigenvalue weighted by Gasteiger charge is -2.17. The molecule has 0 heterocycles. The lowest BCUT2D eigenvalue weighted by molar-refractivity contribution is -0.114. The molecule has 1 amide bonds. The summed E-state index contributed by atoms with van der Waals surface area (Å²) in [6.07, 6.45) is 1.90. The summed E-state index contributed by atoms with van der Waals surface area (Å²) in [4.78, 5) is 12.9. The zero-order valence-corrected chi connectivity index (χ0v) is 10.6. The summed E-state index contributed by atoms with van der Waals surface area (Å²) >= 11 is 0. The van der Waals surface area contributed by atoms with E-state index in [2.05, 4.69) is 6.07 Å². The standard InChI is InChI=1S/C14H14N4O/c1-18(8-2-7-15)13-5-3-11(4-6-13)9-12(10-16)14(17)19/h3-6,9H,2,8H2,1H3,(H2,17,19)/b12-9-. The van der Waals surface area contributed by atoms with Gasteiger partial charge in [-0.25, -0.2) is 0 Å². The third kappa shape index (κ3) is 4.18. The molecule has 0 saturated heterocycles. The fraction of sp³-hybridized carbons (Fsp3) is 0.214. The molecule has 1 rings (SSSR count). The van der Waals surface area contributed by atoms with Crippen molar-refractivity contribution < 1.29 is 4.79 Å². The zero-order chi connectivity index (χ0) is 14.3. The van der Waals surface area contributed by atoms with E-state index in [0.29, 0.717) is 13.0 Å². The third-order valence-corrected chi connectivity index (χ3v) is 2.59. The van der Waals surface area contributed by atoms with Crippen molar-refractivity contribution in [1.29, 1.82) is 10.5 Å². The van der Waals surface area contributed by atoms with E-state index in [9.17, 15) is 4.79 Å². The van der Waals surface area contributed by atoms with Crippen molar-refractivity contribution >= 4 is 17.7 Å². The highest BCUT2D eigenvalue weighted by Crippen LogP contribution is 2.15. The van der Waals surface area contributed by atoms with Gasteiger partial charge >= 0.3 is 0 Å². The maximum atomic E-state index is 10.9. The van der Waals surface area contributed by atoms with Crippen molar-refractivity contribution in [2.45, 2.75) is 6.42 Å². The summed E-state index contributed by atoms with van der Waals surface area (Å²) in [5.41, 5.74) is 6.67. The smallest absolute Gasteiger partial charge is 0.259 e. The Labute approximate surface area is 112 Å². The predicted octanol–water partition coefficient (Wildman–Crippen LogP) is 1.43. The molecular weight excluding hydrogens is 240 g/mol. The van der Waals surface area contributed by atoms with Gasteiger partial charge < -0.3 is 10.6 Å². The maximum absolute atomic E-state index is 10.9. The molecular formula is C14H14N4O.